The molecule has 0 radical (unpaired) electrons. The van der Waals surface area contributed by atoms with Crippen LogP contribution in [0.15, 0.2) is 18.5 Å². The second-order valence-corrected chi connectivity index (χ2v) is 6.49. The van der Waals surface area contributed by atoms with Gasteiger partial charge in [0, 0.05) is 17.9 Å². The Bertz CT molecular complexity index is 556. The summed E-state index contributed by atoms with van der Waals surface area (Å²) in [6.07, 6.45) is 7.30. The molecule has 0 saturated heterocycles. The van der Waals surface area contributed by atoms with Crippen LogP contribution in [0.1, 0.15) is 44.3 Å². The number of aromatic nitrogens is 2. The van der Waals surface area contributed by atoms with Crippen molar-refractivity contribution in [3.8, 4) is 0 Å². The summed E-state index contributed by atoms with van der Waals surface area (Å²) >= 11 is 0. The van der Waals surface area contributed by atoms with Gasteiger partial charge in [-0.3, -0.25) is 0 Å². The monoisotopic (exact) mass is 319 g/mol. The second kappa shape index (κ2) is 6.52. The highest BCUT2D eigenvalue weighted by Gasteiger charge is 2.42. The van der Waals surface area contributed by atoms with Crippen LogP contribution in [0.4, 0.5) is 4.79 Å². The zero-order chi connectivity index (χ0) is 16.3. The van der Waals surface area contributed by atoms with Crippen molar-refractivity contribution in [2.24, 2.45) is 5.92 Å². The molecule has 3 aliphatic rings. The molecule has 23 heavy (non-hydrogen) atoms. The lowest BCUT2D eigenvalue weighted by atomic mass is 9.66. The molecule has 4 rings (SSSR count). The second-order valence-electron chi connectivity index (χ2n) is 6.49. The van der Waals surface area contributed by atoms with Gasteiger partial charge in [-0.2, -0.15) is 0 Å². The maximum Gasteiger partial charge on any atom is 0.408 e. The van der Waals surface area contributed by atoms with Crippen molar-refractivity contribution in [1.29, 1.82) is 0 Å². The molecule has 2 bridgehead atoms. The first-order chi connectivity index (χ1) is 11.1. The minimum atomic E-state index is -1.28. The molecular weight excluding hydrogens is 298 g/mol. The fourth-order valence-electron chi connectivity index (χ4n) is 3.59. The predicted octanol–water partition coefficient (Wildman–Crippen LogP) is 1.92. The molecule has 1 atom stereocenters. The Morgan fingerprint density at radius 3 is 2.43 bits per heavy atom. The number of hydrogen-bond acceptors (Lipinski definition) is 5. The van der Waals surface area contributed by atoms with Crippen molar-refractivity contribution in [3.63, 3.8) is 0 Å². The van der Waals surface area contributed by atoms with Crippen LogP contribution in [0, 0.1) is 5.92 Å². The lowest BCUT2D eigenvalue weighted by molar-refractivity contribution is -0.146. The van der Waals surface area contributed by atoms with Crippen LogP contribution in [-0.4, -0.2) is 38.8 Å². The van der Waals surface area contributed by atoms with Crippen LogP contribution in [0.3, 0.4) is 0 Å². The third kappa shape index (κ3) is 3.78. The van der Waals surface area contributed by atoms with Crippen molar-refractivity contribution in [2.45, 2.75) is 56.6 Å². The van der Waals surface area contributed by atoms with Crippen LogP contribution < -0.4 is 5.32 Å². The van der Waals surface area contributed by atoms with Crippen molar-refractivity contribution >= 4 is 12.1 Å². The molecule has 0 spiro atoms. The maximum absolute atomic E-state index is 12.2. The van der Waals surface area contributed by atoms with Crippen LogP contribution in [0.2, 0.25) is 0 Å². The Morgan fingerprint density at radius 2 is 1.87 bits per heavy atom. The van der Waals surface area contributed by atoms with E-state index < -0.39 is 18.2 Å². The molecule has 0 aromatic carbocycles. The number of nitrogens with one attached hydrogen (secondary N) is 1. The quantitative estimate of drug-likeness (QED) is 0.860. The number of fused-ring (bicyclic) bond motifs is 3. The largest absolute Gasteiger partial charge is 0.478 e. The number of rotatable bonds is 5. The molecule has 0 aliphatic heterocycles. The average molecular weight is 319 g/mol. The van der Waals surface area contributed by atoms with E-state index in [1.165, 1.54) is 12.4 Å². The SMILES string of the molecule is O=C(NC12CCC(CC1)CC2)OC(Cc1ncccn1)C(=O)O. The van der Waals surface area contributed by atoms with Gasteiger partial charge in [0.1, 0.15) is 5.82 Å². The highest BCUT2D eigenvalue weighted by Crippen LogP contribution is 2.44. The average Bonchev–Trinajstić information content (AvgIpc) is 2.56. The van der Waals surface area contributed by atoms with Crippen LogP contribution >= 0.6 is 0 Å². The fraction of sp³-hybridized carbons (Fsp3) is 0.625. The van der Waals surface area contributed by atoms with E-state index in [0.29, 0.717) is 5.82 Å². The molecule has 7 heteroatoms. The van der Waals surface area contributed by atoms with E-state index in [9.17, 15) is 14.7 Å². The van der Waals surface area contributed by atoms with Crippen LogP contribution in [0.25, 0.3) is 0 Å². The van der Waals surface area contributed by atoms with Gasteiger partial charge in [0.25, 0.3) is 0 Å². The summed E-state index contributed by atoms with van der Waals surface area (Å²) in [5, 5.41) is 12.2. The minimum Gasteiger partial charge on any atom is -0.478 e. The Morgan fingerprint density at radius 1 is 1.26 bits per heavy atom. The molecule has 1 aromatic heterocycles. The van der Waals surface area contributed by atoms with Gasteiger partial charge in [-0.1, -0.05) is 0 Å². The number of ether oxygens (including phenoxy) is 1. The number of amides is 1. The Labute approximate surface area is 134 Å². The molecular formula is C16H21N3O4. The van der Waals surface area contributed by atoms with Gasteiger partial charge < -0.3 is 15.2 Å². The van der Waals surface area contributed by atoms with E-state index in [1.54, 1.807) is 6.07 Å². The summed E-state index contributed by atoms with van der Waals surface area (Å²) in [6, 6.07) is 1.64. The maximum atomic E-state index is 12.2. The van der Waals surface area contributed by atoms with Gasteiger partial charge in [-0.25, -0.2) is 19.6 Å². The molecule has 124 valence electrons. The van der Waals surface area contributed by atoms with Gasteiger partial charge in [-0.15, -0.1) is 0 Å². The molecule has 7 nitrogen and oxygen atoms in total. The number of nitrogens with zero attached hydrogens (tertiary/aromatic N) is 2. The highest BCUT2D eigenvalue weighted by molar-refractivity contribution is 5.77. The van der Waals surface area contributed by atoms with Crippen molar-refractivity contribution in [3.05, 3.63) is 24.3 Å². The first-order valence-corrected chi connectivity index (χ1v) is 8.04. The van der Waals surface area contributed by atoms with E-state index in [2.05, 4.69) is 15.3 Å². The summed E-state index contributed by atoms with van der Waals surface area (Å²) in [5.74, 6) is -0.0711. The zero-order valence-electron chi connectivity index (χ0n) is 12.9. The Balaban J connectivity index is 1.59. The number of carboxylic acid groups (broad SMARTS) is 1. The Hall–Kier alpha value is -2.18. The zero-order valence-corrected chi connectivity index (χ0v) is 12.9. The number of carbonyl (C=O) groups is 2. The van der Waals surface area contributed by atoms with E-state index >= 15 is 0 Å². The number of aliphatic carboxylic acids is 1. The van der Waals surface area contributed by atoms with Crippen LogP contribution in [-0.2, 0) is 16.0 Å². The lowest BCUT2D eigenvalue weighted by Gasteiger charge is -2.46. The molecule has 1 heterocycles. The molecule has 3 fully saturated rings. The first kappa shape index (κ1) is 15.7. The van der Waals surface area contributed by atoms with E-state index in [1.807, 2.05) is 0 Å². The van der Waals surface area contributed by atoms with E-state index in [-0.39, 0.29) is 12.0 Å². The fourth-order valence-corrected chi connectivity index (χ4v) is 3.59. The Kier molecular flexibility index (Phi) is 4.45. The highest BCUT2D eigenvalue weighted by atomic mass is 16.6. The first-order valence-electron chi connectivity index (χ1n) is 8.04. The van der Waals surface area contributed by atoms with E-state index in [0.717, 1.165) is 44.4 Å². The molecule has 1 unspecified atom stereocenters. The number of carboxylic acids is 1. The van der Waals surface area contributed by atoms with Crippen molar-refractivity contribution < 1.29 is 19.4 Å². The topological polar surface area (TPSA) is 101 Å². The smallest absolute Gasteiger partial charge is 0.408 e. The van der Waals surface area contributed by atoms with Gasteiger partial charge >= 0.3 is 12.1 Å². The van der Waals surface area contributed by atoms with Crippen LogP contribution in [0.5, 0.6) is 0 Å². The number of alkyl carbamates (subject to hydrolysis) is 1. The standard InChI is InChI=1S/C16H21N3O4/c20-14(21)12(10-13-17-8-1-9-18-13)23-15(22)19-16-5-2-11(3-6-16)4-7-16/h1,8-9,11-12H,2-7,10H2,(H,19,22)(H,20,21). The van der Waals surface area contributed by atoms with Crippen molar-refractivity contribution in [2.75, 3.05) is 0 Å². The number of carbonyl (C=O) groups excluding carboxylic acids is 1. The van der Waals surface area contributed by atoms with Gasteiger partial charge in [0.05, 0.1) is 6.42 Å². The molecule has 1 aromatic rings. The van der Waals surface area contributed by atoms with Gasteiger partial charge in [0.15, 0.2) is 0 Å². The normalized spacial score (nSPS) is 27.2. The lowest BCUT2D eigenvalue weighted by Crippen LogP contribution is -2.54. The summed E-state index contributed by atoms with van der Waals surface area (Å²) in [4.78, 5) is 31.4. The van der Waals surface area contributed by atoms with Crippen molar-refractivity contribution in [1.82, 2.24) is 15.3 Å². The third-order valence-corrected chi connectivity index (χ3v) is 4.97. The summed E-state index contributed by atoms with van der Waals surface area (Å²) < 4.78 is 5.13. The summed E-state index contributed by atoms with van der Waals surface area (Å²) in [5.41, 5.74) is -0.210. The molecule has 1 amide bonds. The molecule has 2 N–H and O–H groups in total. The minimum absolute atomic E-state index is 0.0430. The third-order valence-electron chi connectivity index (χ3n) is 4.97. The predicted molar refractivity (Wildman–Crippen MR) is 80.7 cm³/mol. The summed E-state index contributed by atoms with van der Waals surface area (Å²) in [7, 11) is 0. The van der Waals surface area contributed by atoms with Gasteiger partial charge in [-0.05, 0) is 50.5 Å². The molecule has 3 aliphatic carbocycles. The summed E-state index contributed by atoms with van der Waals surface area (Å²) in [6.45, 7) is 0. The molecule has 3 saturated carbocycles. The number of hydrogen-bond donors (Lipinski definition) is 2. The van der Waals surface area contributed by atoms with Gasteiger partial charge in [0.2, 0.25) is 6.10 Å². The van der Waals surface area contributed by atoms with E-state index in [4.69, 9.17) is 4.74 Å².